The number of aliphatic imine (C=N–C) groups is 8. The van der Waals surface area contributed by atoms with Crippen LogP contribution in [0.4, 0.5) is 69.1 Å². The maximum Gasteiger partial charge on any atom is 2.00 e. The summed E-state index contributed by atoms with van der Waals surface area (Å²) in [6, 6.07) is 23.5. The summed E-state index contributed by atoms with van der Waals surface area (Å²) >= 11 is 0. The summed E-state index contributed by atoms with van der Waals surface area (Å²) in [5.41, 5.74) is 6.33. The minimum absolute atomic E-state index is 0. The SMILES string of the molecule is CC(C)(C)N=Cc1cccc(C=NC(C)(C)C)n1.CC(C)(C)N=Cc1cccc(C=NC(C)(C)C)n1.CC(C)(C)N=Cc1cccc(C=NC(C)(C)C)n1.CC(C)(C)N=Cc1cccc(C=NC(C)(C)C)n1.CC(C)=O.F[B-](F)(F)F.F[B-](F)(F)F.F[B-](F)(F)F.F[B-](F)(F)F.[Cu+2].[Cu+2]. The molecule has 4 rings (SSSR count). The maximum absolute atomic E-state index is 9.75. The number of pyridine rings is 4. The van der Waals surface area contributed by atoms with Crippen molar-refractivity contribution in [2.75, 3.05) is 0 Å². The Labute approximate surface area is 592 Å². The summed E-state index contributed by atoms with van der Waals surface area (Å²) in [6.45, 7) is 52.6. The van der Waals surface area contributed by atoms with Crippen LogP contribution in [0.1, 0.15) is 226 Å². The molecule has 0 N–H and O–H groups in total. The van der Waals surface area contributed by atoms with Gasteiger partial charge >= 0.3 is 63.2 Å². The number of rotatable bonds is 8. The van der Waals surface area contributed by atoms with Crippen LogP contribution in [-0.4, -0.2) is 149 Å². The van der Waals surface area contributed by atoms with E-state index in [1.165, 1.54) is 13.8 Å². The van der Waals surface area contributed by atoms with Gasteiger partial charge in [-0.3, -0.25) is 39.9 Å². The van der Waals surface area contributed by atoms with Crippen LogP contribution in [0.25, 0.3) is 0 Å². The summed E-state index contributed by atoms with van der Waals surface area (Å²) in [4.78, 5) is 62.9. The van der Waals surface area contributed by atoms with Gasteiger partial charge in [0.2, 0.25) is 0 Å². The summed E-state index contributed by atoms with van der Waals surface area (Å²) < 4.78 is 156. The van der Waals surface area contributed by atoms with Crippen molar-refractivity contribution in [3.63, 3.8) is 0 Å². The Bertz CT molecular complexity index is 2510. The van der Waals surface area contributed by atoms with Gasteiger partial charge in [-0.2, -0.15) is 0 Å². The first-order valence-corrected chi connectivity index (χ1v) is 29.6. The Morgan fingerprint density at radius 1 is 0.255 bits per heavy atom. The second-order valence-electron chi connectivity index (χ2n) is 28.3. The molecule has 98 heavy (non-hydrogen) atoms. The molecule has 4 aromatic rings. The first-order valence-electron chi connectivity index (χ1n) is 29.6. The van der Waals surface area contributed by atoms with Gasteiger partial charge in [0.25, 0.3) is 0 Å². The monoisotopic (exact) mass is 1510 g/mol. The Morgan fingerprint density at radius 2 is 0.327 bits per heavy atom. The summed E-state index contributed by atoms with van der Waals surface area (Å²) in [5.74, 6) is 0.167. The molecule has 0 fully saturated rings. The summed E-state index contributed by atoms with van der Waals surface area (Å²) in [5, 5.41) is 0. The van der Waals surface area contributed by atoms with Gasteiger partial charge in [0.1, 0.15) is 5.78 Å². The number of hydrogen-bond donors (Lipinski definition) is 0. The maximum atomic E-state index is 9.75. The van der Waals surface area contributed by atoms with Crippen molar-refractivity contribution in [3.8, 4) is 0 Å². The molecule has 13 nitrogen and oxygen atoms in total. The number of nitrogens with zero attached hydrogens (tertiary/aromatic N) is 12. The number of Topliss-reactive ketones (excluding diaryl/α,β-unsaturated/α-hetero) is 1. The topological polar surface area (TPSA) is 168 Å². The fourth-order valence-electron chi connectivity index (χ4n) is 4.53. The molecule has 0 aliphatic heterocycles. The van der Waals surface area contributed by atoms with Gasteiger partial charge in [-0.05, 0) is 229 Å². The summed E-state index contributed by atoms with van der Waals surface area (Å²) in [7, 11) is -24.0. The van der Waals surface area contributed by atoms with Crippen molar-refractivity contribution < 1.29 is 108 Å². The van der Waals surface area contributed by atoms with Crippen molar-refractivity contribution >= 4 is 84.5 Å². The number of ketones is 1. The molecule has 0 saturated heterocycles. The van der Waals surface area contributed by atoms with Gasteiger partial charge in [-0.1, -0.05) is 24.3 Å². The molecule has 0 unspecified atom stereocenters. The molecule has 0 aliphatic rings. The van der Waals surface area contributed by atoms with Crippen molar-refractivity contribution in [1.82, 2.24) is 19.9 Å². The summed E-state index contributed by atoms with van der Waals surface area (Å²) in [6.07, 6.45) is 14.5. The normalized spacial score (nSPS) is 12.8. The van der Waals surface area contributed by atoms with Gasteiger partial charge in [0.15, 0.2) is 0 Å². The van der Waals surface area contributed by atoms with E-state index < -0.39 is 29.0 Å². The van der Waals surface area contributed by atoms with Crippen molar-refractivity contribution in [2.45, 2.75) is 224 Å². The second kappa shape index (κ2) is 47.0. The molecular weight excluding hydrogens is 1420 g/mol. The second-order valence-corrected chi connectivity index (χ2v) is 28.3. The van der Waals surface area contributed by atoms with Gasteiger partial charge in [0.05, 0.1) is 89.9 Å². The number of aromatic nitrogens is 4. The molecule has 0 aliphatic carbocycles. The zero-order chi connectivity index (χ0) is 76.8. The fourth-order valence-corrected chi connectivity index (χ4v) is 4.53. The van der Waals surface area contributed by atoms with Crippen molar-refractivity contribution in [2.24, 2.45) is 39.9 Å². The zero-order valence-electron chi connectivity index (χ0n) is 60.8. The molecule has 0 amide bonds. The van der Waals surface area contributed by atoms with E-state index in [0.717, 1.165) is 45.6 Å². The van der Waals surface area contributed by atoms with Crippen LogP contribution in [0, 0.1) is 0 Å². The molecule has 4 aromatic heterocycles. The smallest absolute Gasteiger partial charge is 0.418 e. The molecule has 0 bridgehead atoms. The predicted molar refractivity (Wildman–Crippen MR) is 373 cm³/mol. The number of hydrogen-bond acceptors (Lipinski definition) is 13. The van der Waals surface area contributed by atoms with Crippen molar-refractivity contribution in [1.29, 1.82) is 0 Å². The van der Waals surface area contributed by atoms with Crippen LogP contribution < -0.4 is 0 Å². The van der Waals surface area contributed by atoms with E-state index in [1.807, 2.05) is 123 Å². The average Bonchev–Trinajstić information content (AvgIpc) is 1.02. The first-order chi connectivity index (χ1) is 42.4. The Kier molecular flexibility index (Phi) is 50.5. The van der Waals surface area contributed by atoms with Gasteiger partial charge in [-0.25, -0.2) is 19.9 Å². The third kappa shape index (κ3) is 106. The molecule has 0 saturated carbocycles. The van der Waals surface area contributed by atoms with E-state index in [2.05, 4.69) is 226 Å². The van der Waals surface area contributed by atoms with Crippen LogP contribution in [0.5, 0.6) is 0 Å². The van der Waals surface area contributed by atoms with Crippen LogP contribution in [-0.2, 0) is 38.9 Å². The third-order valence-corrected chi connectivity index (χ3v) is 7.84. The average molecular weight is 1510 g/mol. The number of carbonyl (C=O) groups is 1. The molecular formula is C63H98B4Cu2F16N12O. The molecule has 0 aromatic carbocycles. The fraction of sp³-hybridized carbons (Fsp3) is 0.540. The molecule has 562 valence electrons. The standard InChI is InChI=1S/4C15H23N3.C3H6O.4BF4.2Cu/c4*1-14(2,3)16-10-12-8-7-9-13(18-12)11-17-15(4,5)6;1-3(2)4;4*2-1(3,4)5;;/h4*7-11H,1-6H3;1-2H3;;;;;;/q;;;;;4*-1;2*+2. The van der Waals surface area contributed by atoms with Crippen LogP contribution in [0.15, 0.2) is 113 Å². The molecule has 4 heterocycles. The van der Waals surface area contributed by atoms with Crippen LogP contribution in [0.2, 0.25) is 0 Å². The zero-order valence-corrected chi connectivity index (χ0v) is 62.7. The number of halogens is 16. The van der Waals surface area contributed by atoms with Gasteiger partial charge in [-0.15, -0.1) is 0 Å². The van der Waals surface area contributed by atoms with E-state index in [1.54, 1.807) is 0 Å². The largest absolute Gasteiger partial charge is 2.00 e. The molecule has 0 atom stereocenters. The minimum Gasteiger partial charge on any atom is -0.418 e. The minimum atomic E-state index is -6.00. The predicted octanol–water partition coefficient (Wildman–Crippen LogP) is 19.9. The molecule has 0 spiro atoms. The molecule has 2 radical (unpaired) electrons. The van der Waals surface area contributed by atoms with E-state index in [9.17, 15) is 73.8 Å². The Morgan fingerprint density at radius 3 is 0.388 bits per heavy atom. The van der Waals surface area contributed by atoms with E-state index >= 15 is 0 Å². The van der Waals surface area contributed by atoms with Gasteiger partial charge < -0.3 is 73.8 Å². The van der Waals surface area contributed by atoms with Gasteiger partial charge in [0, 0.05) is 49.7 Å². The van der Waals surface area contributed by atoms with Crippen LogP contribution in [0.3, 0.4) is 0 Å². The Balaban J connectivity index is -0.000000201. The van der Waals surface area contributed by atoms with E-state index in [-0.39, 0.29) is 84.2 Å². The van der Waals surface area contributed by atoms with Crippen LogP contribution >= 0.6 is 0 Å². The Hall–Kier alpha value is -6.19. The molecule has 35 heteroatoms. The first kappa shape index (κ1) is 105. The van der Waals surface area contributed by atoms with E-state index in [4.69, 9.17) is 0 Å². The number of carbonyl (C=O) groups excluding carboxylic acids is 1. The van der Waals surface area contributed by atoms with E-state index in [0.29, 0.717) is 0 Å². The third-order valence-electron chi connectivity index (χ3n) is 7.84. The van der Waals surface area contributed by atoms with Crippen molar-refractivity contribution in [3.05, 3.63) is 118 Å². The quantitative estimate of drug-likeness (QED) is 0.0971.